The van der Waals surface area contributed by atoms with E-state index in [1.807, 2.05) is 43.3 Å². The number of amides is 2. The quantitative estimate of drug-likeness (QED) is 0.822. The van der Waals surface area contributed by atoms with Gasteiger partial charge in [-0.2, -0.15) is 0 Å². The average Bonchev–Trinajstić information content (AvgIpc) is 2.55. The van der Waals surface area contributed by atoms with Crippen LogP contribution < -0.4 is 5.32 Å². The Bertz CT molecular complexity index is 714. The molecular weight excluding hydrogens is 368 g/mol. The Morgan fingerprint density at radius 2 is 1.83 bits per heavy atom. The summed E-state index contributed by atoms with van der Waals surface area (Å²) in [6.07, 6.45) is 0. The zero-order chi connectivity index (χ0) is 17.5. The summed E-state index contributed by atoms with van der Waals surface area (Å²) in [5.74, 6) is -0.151. The summed E-state index contributed by atoms with van der Waals surface area (Å²) in [6, 6.07) is 15.3. The van der Waals surface area contributed by atoms with E-state index in [1.165, 1.54) is 5.56 Å². The minimum Gasteiger partial charge on any atom is -0.350 e. The highest BCUT2D eigenvalue weighted by Gasteiger charge is 2.11. The molecule has 1 N–H and O–H groups in total. The third-order valence-corrected chi connectivity index (χ3v) is 4.19. The number of rotatable bonds is 6. The van der Waals surface area contributed by atoms with Gasteiger partial charge in [-0.05, 0) is 30.7 Å². The first kappa shape index (κ1) is 18.2. The van der Waals surface area contributed by atoms with Gasteiger partial charge in [-0.3, -0.25) is 9.59 Å². The average molecular weight is 389 g/mol. The molecule has 0 aliphatic heterocycles. The lowest BCUT2D eigenvalue weighted by Crippen LogP contribution is -2.37. The van der Waals surface area contributed by atoms with Crippen LogP contribution in [-0.4, -0.2) is 29.8 Å². The van der Waals surface area contributed by atoms with E-state index in [0.717, 1.165) is 10.0 Å². The molecule has 5 heteroatoms. The van der Waals surface area contributed by atoms with Gasteiger partial charge in [0.15, 0.2) is 0 Å². The molecule has 0 spiro atoms. The predicted molar refractivity (Wildman–Crippen MR) is 98.7 cm³/mol. The molecule has 0 aliphatic carbocycles. The zero-order valence-electron chi connectivity index (χ0n) is 13.9. The van der Waals surface area contributed by atoms with Crippen molar-refractivity contribution >= 4 is 27.7 Å². The lowest BCUT2D eigenvalue weighted by atomic mass is 10.1. The summed E-state index contributed by atoms with van der Waals surface area (Å²) in [6.45, 7) is 5.01. The first-order valence-electron chi connectivity index (χ1n) is 7.80. The number of nitrogens with one attached hydrogen (secondary N) is 1. The van der Waals surface area contributed by atoms with E-state index in [4.69, 9.17) is 0 Å². The SMILES string of the molecule is CC(=O)N(CCNC(=O)c1cccc(Br)c1)Cc1ccc(C)cc1. The van der Waals surface area contributed by atoms with Crippen molar-refractivity contribution in [2.24, 2.45) is 0 Å². The summed E-state index contributed by atoms with van der Waals surface area (Å²) in [7, 11) is 0. The standard InChI is InChI=1S/C19H21BrN2O2/c1-14-6-8-16(9-7-14)13-22(15(2)23)11-10-21-19(24)17-4-3-5-18(20)12-17/h3-9,12H,10-11,13H2,1-2H3,(H,21,24). The molecule has 0 aromatic heterocycles. The first-order chi connectivity index (χ1) is 11.5. The van der Waals surface area contributed by atoms with E-state index in [-0.39, 0.29) is 11.8 Å². The van der Waals surface area contributed by atoms with Crippen LogP contribution in [-0.2, 0) is 11.3 Å². The monoisotopic (exact) mass is 388 g/mol. The normalized spacial score (nSPS) is 10.3. The Hall–Kier alpha value is -2.14. The molecule has 2 aromatic rings. The fraction of sp³-hybridized carbons (Fsp3) is 0.263. The number of benzene rings is 2. The van der Waals surface area contributed by atoms with E-state index in [9.17, 15) is 9.59 Å². The summed E-state index contributed by atoms with van der Waals surface area (Å²) >= 11 is 3.35. The summed E-state index contributed by atoms with van der Waals surface area (Å²) in [5.41, 5.74) is 2.86. The van der Waals surface area contributed by atoms with Crippen LogP contribution in [0.2, 0.25) is 0 Å². The molecule has 0 unspecified atom stereocenters. The largest absolute Gasteiger partial charge is 0.350 e. The van der Waals surface area contributed by atoms with Gasteiger partial charge in [-0.15, -0.1) is 0 Å². The van der Waals surface area contributed by atoms with Crippen LogP contribution in [0.3, 0.4) is 0 Å². The lowest BCUT2D eigenvalue weighted by Gasteiger charge is -2.21. The van der Waals surface area contributed by atoms with Crippen LogP contribution in [0.4, 0.5) is 0 Å². The maximum Gasteiger partial charge on any atom is 0.251 e. The van der Waals surface area contributed by atoms with Crippen LogP contribution in [0.5, 0.6) is 0 Å². The Morgan fingerprint density at radius 1 is 1.12 bits per heavy atom. The molecule has 0 saturated carbocycles. The van der Waals surface area contributed by atoms with Gasteiger partial charge >= 0.3 is 0 Å². The molecular formula is C19H21BrN2O2. The molecule has 0 aliphatic rings. The van der Waals surface area contributed by atoms with E-state index in [0.29, 0.717) is 25.2 Å². The van der Waals surface area contributed by atoms with Crippen LogP contribution in [0, 0.1) is 6.92 Å². The first-order valence-corrected chi connectivity index (χ1v) is 8.60. The van der Waals surface area contributed by atoms with Crippen molar-refractivity contribution in [3.05, 3.63) is 69.7 Å². The smallest absolute Gasteiger partial charge is 0.251 e. The second kappa shape index (κ2) is 8.64. The Kier molecular flexibility index (Phi) is 6.55. The van der Waals surface area contributed by atoms with Gasteiger partial charge in [0.1, 0.15) is 0 Å². The predicted octanol–water partition coefficient (Wildman–Crippen LogP) is 3.54. The number of hydrogen-bond donors (Lipinski definition) is 1. The molecule has 2 rings (SSSR count). The number of hydrogen-bond acceptors (Lipinski definition) is 2. The highest BCUT2D eigenvalue weighted by molar-refractivity contribution is 9.10. The van der Waals surface area contributed by atoms with Gasteiger partial charge in [0.05, 0.1) is 0 Å². The molecule has 0 saturated heterocycles. The third-order valence-electron chi connectivity index (χ3n) is 3.69. The van der Waals surface area contributed by atoms with Crippen molar-refractivity contribution in [2.75, 3.05) is 13.1 Å². The molecule has 126 valence electrons. The molecule has 0 fully saturated rings. The van der Waals surface area contributed by atoms with Crippen molar-refractivity contribution in [1.29, 1.82) is 0 Å². The van der Waals surface area contributed by atoms with Gasteiger partial charge in [0.2, 0.25) is 5.91 Å². The molecule has 0 atom stereocenters. The number of carbonyl (C=O) groups is 2. The molecule has 4 nitrogen and oxygen atoms in total. The third kappa shape index (κ3) is 5.49. The fourth-order valence-corrected chi connectivity index (χ4v) is 2.70. The van der Waals surface area contributed by atoms with E-state index in [1.54, 1.807) is 24.0 Å². The molecule has 0 bridgehead atoms. The van der Waals surface area contributed by atoms with Gasteiger partial charge in [0.25, 0.3) is 5.91 Å². The van der Waals surface area contributed by atoms with Crippen LogP contribution in [0.1, 0.15) is 28.4 Å². The van der Waals surface area contributed by atoms with Crippen molar-refractivity contribution in [3.8, 4) is 0 Å². The second-order valence-corrected chi connectivity index (χ2v) is 6.61. The van der Waals surface area contributed by atoms with Gasteiger partial charge < -0.3 is 10.2 Å². The van der Waals surface area contributed by atoms with Gasteiger partial charge in [0, 0.05) is 36.6 Å². The zero-order valence-corrected chi connectivity index (χ0v) is 15.5. The van der Waals surface area contributed by atoms with Gasteiger partial charge in [-0.1, -0.05) is 51.8 Å². The topological polar surface area (TPSA) is 49.4 Å². The minimum atomic E-state index is -0.143. The highest BCUT2D eigenvalue weighted by atomic mass is 79.9. The summed E-state index contributed by atoms with van der Waals surface area (Å²) < 4.78 is 0.861. The molecule has 0 heterocycles. The molecule has 24 heavy (non-hydrogen) atoms. The Labute approximate surface area is 151 Å². The number of halogens is 1. The number of nitrogens with zero attached hydrogens (tertiary/aromatic N) is 1. The van der Waals surface area contributed by atoms with Crippen molar-refractivity contribution in [1.82, 2.24) is 10.2 Å². The minimum absolute atomic E-state index is 0.00715. The maximum absolute atomic E-state index is 12.1. The van der Waals surface area contributed by atoms with E-state index < -0.39 is 0 Å². The van der Waals surface area contributed by atoms with Crippen molar-refractivity contribution in [2.45, 2.75) is 20.4 Å². The van der Waals surface area contributed by atoms with Crippen LogP contribution in [0.15, 0.2) is 53.0 Å². The maximum atomic E-state index is 12.1. The molecule has 0 radical (unpaired) electrons. The highest BCUT2D eigenvalue weighted by Crippen LogP contribution is 2.11. The Balaban J connectivity index is 1.88. The van der Waals surface area contributed by atoms with Crippen molar-refractivity contribution in [3.63, 3.8) is 0 Å². The second-order valence-electron chi connectivity index (χ2n) is 5.69. The Morgan fingerprint density at radius 3 is 2.46 bits per heavy atom. The van der Waals surface area contributed by atoms with E-state index >= 15 is 0 Å². The van der Waals surface area contributed by atoms with Crippen molar-refractivity contribution < 1.29 is 9.59 Å². The number of aryl methyl sites for hydroxylation is 1. The molecule has 2 amide bonds. The lowest BCUT2D eigenvalue weighted by molar-refractivity contribution is -0.129. The summed E-state index contributed by atoms with van der Waals surface area (Å²) in [5, 5.41) is 2.85. The fourth-order valence-electron chi connectivity index (χ4n) is 2.30. The van der Waals surface area contributed by atoms with Crippen LogP contribution in [0.25, 0.3) is 0 Å². The number of carbonyl (C=O) groups excluding carboxylic acids is 2. The van der Waals surface area contributed by atoms with Crippen LogP contribution >= 0.6 is 15.9 Å². The van der Waals surface area contributed by atoms with E-state index in [2.05, 4.69) is 21.2 Å². The molecule has 2 aromatic carbocycles. The van der Waals surface area contributed by atoms with Gasteiger partial charge in [-0.25, -0.2) is 0 Å². The summed E-state index contributed by atoms with van der Waals surface area (Å²) in [4.78, 5) is 25.6.